The van der Waals surface area contributed by atoms with E-state index in [1.807, 2.05) is 0 Å². The van der Waals surface area contributed by atoms with E-state index in [0.29, 0.717) is 0 Å². The fourth-order valence-electron chi connectivity index (χ4n) is 1.09. The fraction of sp³-hybridized carbons (Fsp3) is 0.625. The summed E-state index contributed by atoms with van der Waals surface area (Å²) < 4.78 is 21.4. The molecule has 0 aliphatic carbocycles. The van der Waals surface area contributed by atoms with Gasteiger partial charge < -0.3 is 24.5 Å². The van der Waals surface area contributed by atoms with Crippen LogP contribution in [0.4, 0.5) is 0 Å². The smallest absolute Gasteiger partial charge is 0.327 e. The molecule has 0 aromatic rings. The zero-order valence-electron chi connectivity index (χ0n) is 9.89. The molecule has 106 valence electrons. The molecule has 0 saturated heterocycles. The molecule has 0 aliphatic rings. The first-order chi connectivity index (χ1) is 7.92. The molecule has 0 bridgehead atoms. The second kappa shape index (κ2) is 6.61. The number of carbonyl (C=O) groups is 1. The van der Waals surface area contributed by atoms with Crippen LogP contribution in [0.15, 0.2) is 12.2 Å². The quantitative estimate of drug-likeness (QED) is 0.376. The van der Waals surface area contributed by atoms with E-state index in [1.165, 1.54) is 6.92 Å². The lowest BCUT2D eigenvalue weighted by molar-refractivity contribution is -0.126. The van der Waals surface area contributed by atoms with Gasteiger partial charge in [0.25, 0.3) is 0 Å². The Morgan fingerprint density at radius 3 is 1.61 bits per heavy atom. The average molecular weight is 301 g/mol. The van der Waals surface area contributed by atoms with E-state index in [-0.39, 0.29) is 18.7 Å². The normalized spacial score (nSPS) is 12.3. The van der Waals surface area contributed by atoms with Gasteiger partial charge in [-0.3, -0.25) is 13.9 Å². The second-order valence-electron chi connectivity index (χ2n) is 3.85. The van der Waals surface area contributed by atoms with Gasteiger partial charge in [0.15, 0.2) is 0 Å². The third-order valence-electron chi connectivity index (χ3n) is 1.97. The molecule has 18 heavy (non-hydrogen) atoms. The Morgan fingerprint density at radius 1 is 1.06 bits per heavy atom. The van der Waals surface area contributed by atoms with Gasteiger partial charge >= 0.3 is 15.2 Å². The maximum atomic E-state index is 11.6. The summed E-state index contributed by atoms with van der Waals surface area (Å²) in [6.07, 6.45) is -1.12. The van der Waals surface area contributed by atoms with E-state index in [1.54, 1.807) is 0 Å². The van der Waals surface area contributed by atoms with Gasteiger partial charge in [-0.15, -0.1) is 0 Å². The van der Waals surface area contributed by atoms with Crippen LogP contribution in [-0.2, 0) is 13.9 Å². The summed E-state index contributed by atoms with van der Waals surface area (Å²) >= 11 is 0. The van der Waals surface area contributed by atoms with Gasteiger partial charge in [0.1, 0.15) is 0 Å². The number of rotatable bonds is 7. The van der Waals surface area contributed by atoms with Crippen molar-refractivity contribution in [3.63, 3.8) is 0 Å². The maximum absolute atomic E-state index is 11.6. The molecule has 8 nitrogen and oxygen atoms in total. The Bertz CT molecular complexity index is 384. The minimum atomic E-state index is -4.27. The summed E-state index contributed by atoms with van der Waals surface area (Å²) in [6.45, 7) is 4.23. The predicted octanol–water partition coefficient (Wildman–Crippen LogP) is -0.254. The Labute approximate surface area is 105 Å². The van der Waals surface area contributed by atoms with Crippen molar-refractivity contribution in [1.82, 2.24) is 4.90 Å². The van der Waals surface area contributed by atoms with Gasteiger partial charge in [0, 0.05) is 18.7 Å². The van der Waals surface area contributed by atoms with Crippen LogP contribution in [0.3, 0.4) is 0 Å². The van der Waals surface area contributed by atoms with Crippen molar-refractivity contribution in [2.24, 2.45) is 0 Å². The highest BCUT2D eigenvalue weighted by molar-refractivity contribution is 7.52. The molecular weight excluding hydrogens is 284 g/mol. The molecular formula is C8H17NO7P2. The van der Waals surface area contributed by atoms with E-state index >= 15 is 0 Å². The monoisotopic (exact) mass is 301 g/mol. The minimum Gasteiger partial charge on any atom is -0.338 e. The summed E-state index contributed by atoms with van der Waals surface area (Å²) in [5.74, 6) is -0.586. The second-order valence-corrected chi connectivity index (χ2v) is 7.40. The van der Waals surface area contributed by atoms with Gasteiger partial charge in [-0.25, -0.2) is 0 Å². The molecule has 0 radical (unpaired) electrons. The highest BCUT2D eigenvalue weighted by Crippen LogP contribution is 2.35. The molecule has 4 N–H and O–H groups in total. The Morgan fingerprint density at radius 2 is 1.39 bits per heavy atom. The molecule has 0 aromatic heterocycles. The van der Waals surface area contributed by atoms with Crippen molar-refractivity contribution < 1.29 is 33.5 Å². The average Bonchev–Trinajstić information content (AvgIpc) is 2.13. The summed E-state index contributed by atoms with van der Waals surface area (Å²) in [6, 6.07) is 0. The summed E-state index contributed by atoms with van der Waals surface area (Å²) in [7, 11) is -8.54. The zero-order valence-corrected chi connectivity index (χ0v) is 11.7. The number of hydrogen-bond donors (Lipinski definition) is 4. The Balaban J connectivity index is 4.63. The van der Waals surface area contributed by atoms with Crippen LogP contribution in [0.5, 0.6) is 0 Å². The number of hydrogen-bond acceptors (Lipinski definition) is 3. The fourth-order valence-corrected chi connectivity index (χ4v) is 2.09. The predicted molar refractivity (Wildman–Crippen MR) is 65.2 cm³/mol. The molecule has 0 atom stereocenters. The highest BCUT2D eigenvalue weighted by Gasteiger charge is 2.22. The van der Waals surface area contributed by atoms with E-state index in [9.17, 15) is 13.9 Å². The SMILES string of the molecule is C=C(C)C(=O)N(CCP(=O)(O)O)CCP(=O)(O)O. The molecule has 0 aliphatic heterocycles. The molecule has 0 heterocycles. The minimum absolute atomic E-state index is 0.131. The molecule has 0 unspecified atom stereocenters. The van der Waals surface area contributed by atoms with Gasteiger partial charge in [0.2, 0.25) is 5.91 Å². The van der Waals surface area contributed by atoms with Crippen molar-refractivity contribution in [3.8, 4) is 0 Å². The standard InChI is InChI=1S/C8H17NO7P2/c1-7(2)8(10)9(3-5-17(11,12)13)4-6-18(14,15)16/h1,3-6H2,2H3,(H2,11,12,13)(H2,14,15,16). The molecule has 0 saturated carbocycles. The van der Waals surface area contributed by atoms with E-state index in [0.717, 1.165) is 4.90 Å². The topological polar surface area (TPSA) is 135 Å². The van der Waals surface area contributed by atoms with Crippen LogP contribution in [-0.4, -0.2) is 55.8 Å². The van der Waals surface area contributed by atoms with E-state index < -0.39 is 33.4 Å². The number of nitrogens with zero attached hydrogens (tertiary/aromatic N) is 1. The Hall–Kier alpha value is -0.490. The Kier molecular flexibility index (Phi) is 6.43. The van der Waals surface area contributed by atoms with E-state index in [4.69, 9.17) is 19.6 Å². The number of amides is 1. The van der Waals surface area contributed by atoms with Crippen molar-refractivity contribution in [2.75, 3.05) is 25.4 Å². The van der Waals surface area contributed by atoms with E-state index in [2.05, 4.69) is 6.58 Å². The van der Waals surface area contributed by atoms with Gasteiger partial charge in [-0.05, 0) is 6.92 Å². The molecule has 1 amide bonds. The van der Waals surface area contributed by atoms with Crippen LogP contribution in [0.25, 0.3) is 0 Å². The summed E-state index contributed by atoms with van der Waals surface area (Å²) in [4.78, 5) is 47.4. The lowest BCUT2D eigenvalue weighted by Crippen LogP contribution is -2.36. The molecule has 10 heteroatoms. The largest absolute Gasteiger partial charge is 0.338 e. The van der Waals surface area contributed by atoms with Crippen LogP contribution in [0, 0.1) is 0 Å². The first-order valence-corrected chi connectivity index (χ1v) is 8.56. The molecule has 0 spiro atoms. The lowest BCUT2D eigenvalue weighted by Gasteiger charge is -2.23. The van der Waals surface area contributed by atoms with Gasteiger partial charge in [0.05, 0.1) is 12.3 Å². The van der Waals surface area contributed by atoms with Crippen molar-refractivity contribution >= 4 is 21.1 Å². The number of carbonyl (C=O) groups excluding carboxylic acids is 1. The third-order valence-corrected chi connectivity index (χ3v) is 3.54. The van der Waals surface area contributed by atoms with Crippen LogP contribution < -0.4 is 0 Å². The summed E-state index contributed by atoms with van der Waals surface area (Å²) in [5.41, 5.74) is 0.131. The summed E-state index contributed by atoms with van der Waals surface area (Å²) in [5, 5.41) is 0. The van der Waals surface area contributed by atoms with Gasteiger partial charge in [-0.2, -0.15) is 0 Å². The first kappa shape index (κ1) is 17.5. The van der Waals surface area contributed by atoms with Crippen LogP contribution in [0.2, 0.25) is 0 Å². The molecule has 0 rings (SSSR count). The maximum Gasteiger partial charge on any atom is 0.327 e. The highest BCUT2D eigenvalue weighted by atomic mass is 31.2. The van der Waals surface area contributed by atoms with Crippen LogP contribution in [0.1, 0.15) is 6.92 Å². The third kappa shape index (κ3) is 8.58. The van der Waals surface area contributed by atoms with Crippen molar-refractivity contribution in [2.45, 2.75) is 6.92 Å². The van der Waals surface area contributed by atoms with Crippen molar-refractivity contribution in [3.05, 3.63) is 12.2 Å². The van der Waals surface area contributed by atoms with Crippen LogP contribution >= 0.6 is 15.2 Å². The zero-order chi connectivity index (χ0) is 14.6. The first-order valence-electron chi connectivity index (χ1n) is 4.96. The molecule has 0 fully saturated rings. The van der Waals surface area contributed by atoms with Gasteiger partial charge in [-0.1, -0.05) is 6.58 Å². The molecule has 0 aromatic carbocycles. The lowest BCUT2D eigenvalue weighted by atomic mass is 10.3. The van der Waals surface area contributed by atoms with Crippen molar-refractivity contribution in [1.29, 1.82) is 0 Å².